The maximum atomic E-state index is 13.3. The Labute approximate surface area is 283 Å². The zero-order chi connectivity index (χ0) is 32.5. The number of ether oxygens (including phenoxy) is 2. The van der Waals surface area contributed by atoms with E-state index in [2.05, 4.69) is 10.6 Å². The molecule has 1 unspecified atom stereocenters. The molecule has 4 fully saturated rings. The minimum Gasteiger partial charge on any atom is -0.548 e. The van der Waals surface area contributed by atoms with Gasteiger partial charge in [-0.25, -0.2) is 18.0 Å². The number of benzene rings is 1. The molecular weight excluding hydrogens is 647 g/mol. The normalized spacial score (nSPS) is 28.7. The molecule has 4 aliphatic heterocycles. The van der Waals surface area contributed by atoms with Gasteiger partial charge in [-0.1, -0.05) is 12.1 Å². The number of hydrogen-bond acceptors (Lipinski definition) is 13. The van der Waals surface area contributed by atoms with Crippen LogP contribution in [0.3, 0.4) is 0 Å². The summed E-state index contributed by atoms with van der Waals surface area (Å²) in [5, 5.41) is 24.3. The van der Waals surface area contributed by atoms with Crippen LogP contribution in [0.15, 0.2) is 24.3 Å². The summed E-state index contributed by atoms with van der Waals surface area (Å²) in [6, 6.07) is -0.0690. The topological polar surface area (TPSA) is 229 Å². The Hall–Kier alpha value is -3.06. The summed E-state index contributed by atoms with van der Waals surface area (Å²) < 4.78 is 32.8. The van der Waals surface area contributed by atoms with Gasteiger partial charge in [0.25, 0.3) is 0 Å². The van der Waals surface area contributed by atoms with Crippen molar-refractivity contribution in [2.75, 3.05) is 6.79 Å². The third-order valence-electron chi connectivity index (χ3n) is 8.30. The molecule has 1 aromatic carbocycles. The SMILES string of the molecule is CC1(C)S[C@@H]2[C@H](NC(=O)C(NC(=O)OCOC(=O)[C@@H]3N4C(=O)C[C@H]4S(=O)(=O)C3(C)C)c3ccc(O)cc3)C(=O)N2[C@H]1C(=O)[O-].[Na+]. The number of β-lactam (4-membered cyclic amide) rings is 2. The van der Waals surface area contributed by atoms with Crippen molar-refractivity contribution in [1.29, 1.82) is 0 Å². The Morgan fingerprint density at radius 3 is 2.27 bits per heavy atom. The van der Waals surface area contributed by atoms with E-state index in [0.717, 1.165) is 9.80 Å². The summed E-state index contributed by atoms with van der Waals surface area (Å²) in [5.41, 5.74) is 0.171. The molecular formula is C26H29N4NaO12S2. The number of phenolic OH excluding ortho intramolecular Hbond substituents is 1. The van der Waals surface area contributed by atoms with Crippen molar-refractivity contribution < 1.29 is 86.4 Å². The average molecular weight is 677 g/mol. The predicted octanol–water partition coefficient (Wildman–Crippen LogP) is -4.90. The van der Waals surface area contributed by atoms with Crippen LogP contribution in [0, 0.1) is 0 Å². The first-order valence-electron chi connectivity index (χ1n) is 13.3. The smallest absolute Gasteiger partial charge is 0.548 e. The van der Waals surface area contributed by atoms with Crippen LogP contribution in [0.4, 0.5) is 4.79 Å². The maximum absolute atomic E-state index is 13.3. The molecule has 0 saturated carbocycles. The molecule has 4 heterocycles. The summed E-state index contributed by atoms with van der Waals surface area (Å²) in [5.74, 6) is -4.70. The number of carboxylic acids is 1. The number of hydrogen-bond donors (Lipinski definition) is 3. The van der Waals surface area contributed by atoms with Crippen molar-refractivity contribution in [3.8, 4) is 5.75 Å². The van der Waals surface area contributed by atoms with E-state index in [9.17, 15) is 47.4 Å². The molecule has 4 amide bonds. The van der Waals surface area contributed by atoms with Gasteiger partial charge in [0.1, 0.15) is 34.6 Å². The number of nitrogens with zero attached hydrogens (tertiary/aromatic N) is 2. The van der Waals surface area contributed by atoms with Crippen LogP contribution < -0.4 is 45.3 Å². The number of fused-ring (bicyclic) bond motifs is 2. The van der Waals surface area contributed by atoms with Crippen molar-refractivity contribution in [2.45, 2.75) is 78.5 Å². The minimum atomic E-state index is -3.86. The van der Waals surface area contributed by atoms with E-state index in [-0.39, 0.29) is 47.3 Å². The Morgan fingerprint density at radius 1 is 1.07 bits per heavy atom. The van der Waals surface area contributed by atoms with E-state index in [4.69, 9.17) is 9.47 Å². The second kappa shape index (κ2) is 11.9. The molecule has 0 radical (unpaired) electrons. The number of alkyl carbamates (subject to hydrolysis) is 1. The molecule has 0 bridgehead atoms. The van der Waals surface area contributed by atoms with Gasteiger partial charge in [-0.15, -0.1) is 11.8 Å². The van der Waals surface area contributed by atoms with Gasteiger partial charge in [-0.05, 0) is 45.4 Å². The number of carbonyl (C=O) groups is 6. The number of thioether (sulfide) groups is 1. The molecule has 0 aliphatic carbocycles. The number of sulfone groups is 1. The predicted molar refractivity (Wildman–Crippen MR) is 146 cm³/mol. The first kappa shape index (κ1) is 34.8. The van der Waals surface area contributed by atoms with Gasteiger partial charge in [-0.2, -0.15) is 0 Å². The van der Waals surface area contributed by atoms with E-state index in [1.807, 2.05) is 0 Å². The summed E-state index contributed by atoms with van der Waals surface area (Å²) in [4.78, 5) is 77.4. The Balaban J connectivity index is 0.00000461. The van der Waals surface area contributed by atoms with E-state index in [0.29, 0.717) is 0 Å². The fourth-order valence-corrected chi connectivity index (χ4v) is 9.66. The summed E-state index contributed by atoms with van der Waals surface area (Å²) >= 11 is 1.17. The number of carbonyl (C=O) groups excluding carboxylic acids is 6. The number of aliphatic carboxylic acids is 1. The van der Waals surface area contributed by atoms with Gasteiger partial charge < -0.3 is 44.9 Å². The number of esters is 1. The molecule has 1 aromatic rings. The van der Waals surface area contributed by atoms with Crippen LogP contribution in [-0.2, 0) is 43.3 Å². The van der Waals surface area contributed by atoms with Crippen molar-refractivity contribution in [3.63, 3.8) is 0 Å². The standard InChI is InChI=1S/C26H30N4O12S2.Na/c1-25(2)17(22(35)36)30-20(34)16(21(30)43-25)27-19(33)15(11-5-7-12(31)8-6-11)28-24(38)42-10-41-23(37)18-26(3,4)44(39,40)14-9-13(32)29(14)18;/h5-8,14-18,21,31H,9-10H2,1-4H3,(H,27,33)(H,28,38)(H,35,36);/q;+1/p-1/t14-,15?,16-,17+,18+,21-;/m1./s1. The molecule has 6 atom stereocenters. The number of carboxylic acid groups (broad SMARTS) is 1. The fraction of sp³-hybridized carbons (Fsp3) is 0.538. The number of phenols is 1. The zero-order valence-electron chi connectivity index (χ0n) is 24.8. The monoisotopic (exact) mass is 676 g/mol. The number of rotatable bonds is 8. The first-order chi connectivity index (χ1) is 20.4. The molecule has 3 N–H and O–H groups in total. The van der Waals surface area contributed by atoms with E-state index < -0.39 is 96.8 Å². The molecule has 238 valence electrons. The number of amides is 4. The zero-order valence-corrected chi connectivity index (χ0v) is 28.5. The van der Waals surface area contributed by atoms with Crippen molar-refractivity contribution >= 4 is 57.4 Å². The third-order valence-corrected chi connectivity index (χ3v) is 12.7. The average Bonchev–Trinajstić information content (AvgIpc) is 3.25. The quantitative estimate of drug-likeness (QED) is 0.102. The Bertz CT molecular complexity index is 1570. The molecule has 45 heavy (non-hydrogen) atoms. The second-order valence-corrected chi connectivity index (χ2v) is 16.2. The van der Waals surface area contributed by atoms with Crippen LogP contribution >= 0.6 is 11.8 Å². The summed E-state index contributed by atoms with van der Waals surface area (Å²) in [6.07, 6.45) is -1.48. The van der Waals surface area contributed by atoms with Crippen LogP contribution in [0.25, 0.3) is 0 Å². The summed E-state index contributed by atoms with van der Waals surface area (Å²) in [6.45, 7) is 4.88. The van der Waals surface area contributed by atoms with E-state index >= 15 is 0 Å². The molecule has 0 aromatic heterocycles. The Morgan fingerprint density at radius 2 is 1.69 bits per heavy atom. The third kappa shape index (κ3) is 5.64. The van der Waals surface area contributed by atoms with Crippen LogP contribution in [0.1, 0.15) is 45.7 Å². The van der Waals surface area contributed by atoms with Crippen molar-refractivity contribution in [2.24, 2.45) is 0 Å². The van der Waals surface area contributed by atoms with Gasteiger partial charge in [0.2, 0.25) is 24.5 Å². The van der Waals surface area contributed by atoms with Gasteiger partial charge >= 0.3 is 41.6 Å². The van der Waals surface area contributed by atoms with E-state index in [1.54, 1.807) is 13.8 Å². The van der Waals surface area contributed by atoms with Crippen LogP contribution in [-0.4, -0.2) is 104 Å². The molecule has 16 nitrogen and oxygen atoms in total. The van der Waals surface area contributed by atoms with Crippen molar-refractivity contribution in [3.05, 3.63) is 29.8 Å². The fourth-order valence-electron chi connectivity index (χ4n) is 5.92. The minimum absolute atomic E-state index is 0. The van der Waals surface area contributed by atoms with Crippen LogP contribution in [0.2, 0.25) is 0 Å². The number of nitrogens with one attached hydrogen (secondary N) is 2. The molecule has 19 heteroatoms. The maximum Gasteiger partial charge on any atom is 1.00 e. The van der Waals surface area contributed by atoms with Gasteiger partial charge in [0.15, 0.2) is 9.84 Å². The second-order valence-electron chi connectivity index (χ2n) is 11.8. The van der Waals surface area contributed by atoms with Crippen molar-refractivity contribution in [1.82, 2.24) is 20.4 Å². The molecule has 4 aliphatic rings. The molecule has 4 saturated heterocycles. The summed E-state index contributed by atoms with van der Waals surface area (Å²) in [7, 11) is -3.86. The number of aromatic hydroxyl groups is 1. The van der Waals surface area contributed by atoms with Crippen LogP contribution in [0.5, 0.6) is 5.75 Å². The van der Waals surface area contributed by atoms with Gasteiger partial charge in [0.05, 0.1) is 23.2 Å². The van der Waals surface area contributed by atoms with Gasteiger partial charge in [-0.3, -0.25) is 14.4 Å². The first-order valence-corrected chi connectivity index (χ1v) is 15.8. The van der Waals surface area contributed by atoms with Gasteiger partial charge in [0, 0.05) is 4.75 Å². The largest absolute Gasteiger partial charge is 1.00 e. The molecule has 0 spiro atoms. The molecule has 5 rings (SSSR count). The Kier molecular flexibility index (Phi) is 9.24. The van der Waals surface area contributed by atoms with E-state index in [1.165, 1.54) is 49.9 Å².